The van der Waals surface area contributed by atoms with Crippen LogP contribution in [0.5, 0.6) is 11.5 Å². The minimum Gasteiger partial charge on any atom is -0.455 e. The fourth-order valence-corrected chi connectivity index (χ4v) is 2.27. The summed E-state index contributed by atoms with van der Waals surface area (Å²) in [4.78, 5) is 3.95. The molecule has 1 heterocycles. The predicted molar refractivity (Wildman–Crippen MR) is 78.2 cm³/mol. The topological polar surface area (TPSA) is 22.1 Å². The molecule has 0 aliphatic carbocycles. The Morgan fingerprint density at radius 3 is 2.50 bits per heavy atom. The maximum atomic E-state index is 6.08. The van der Waals surface area contributed by atoms with Crippen molar-refractivity contribution in [3.63, 3.8) is 0 Å². The van der Waals surface area contributed by atoms with Gasteiger partial charge in [-0.15, -0.1) is 0 Å². The van der Waals surface area contributed by atoms with Crippen molar-refractivity contribution >= 4 is 50.7 Å². The normalized spacial score (nSPS) is 10.5. The lowest BCUT2D eigenvalue weighted by molar-refractivity contribution is 0.478. The van der Waals surface area contributed by atoms with Gasteiger partial charge in [-0.2, -0.15) is 0 Å². The van der Waals surface area contributed by atoms with Gasteiger partial charge in [0.05, 0.1) is 10.0 Å². The van der Waals surface area contributed by atoms with Crippen molar-refractivity contribution in [2.75, 3.05) is 0 Å². The van der Waals surface area contributed by atoms with Gasteiger partial charge in [0, 0.05) is 28.4 Å². The monoisotopic (exact) mass is 365 g/mol. The summed E-state index contributed by atoms with van der Waals surface area (Å²) in [6, 6.07) is 4.95. The van der Waals surface area contributed by atoms with Crippen LogP contribution in [0.3, 0.4) is 0 Å². The molecule has 2 aromatic rings. The summed E-state index contributed by atoms with van der Waals surface area (Å²) in [5, 5.41) is 1.33. The van der Waals surface area contributed by atoms with E-state index < -0.39 is 0 Å². The summed E-state index contributed by atoms with van der Waals surface area (Å²) in [7, 11) is 0. The number of pyridine rings is 1. The van der Waals surface area contributed by atoms with Crippen LogP contribution in [0.4, 0.5) is 0 Å². The molecule has 0 saturated carbocycles. The Kier molecular flexibility index (Phi) is 4.38. The Hall–Kier alpha value is -0.480. The average molecular weight is 367 g/mol. The van der Waals surface area contributed by atoms with Crippen molar-refractivity contribution in [3.05, 3.63) is 49.6 Å². The molecule has 0 radical (unpaired) electrons. The van der Waals surface area contributed by atoms with Crippen LogP contribution in [0, 0.1) is 6.92 Å². The van der Waals surface area contributed by atoms with Crippen LogP contribution in [0.15, 0.2) is 28.9 Å². The third-order valence-electron chi connectivity index (χ3n) is 2.22. The number of benzene rings is 1. The molecule has 1 aromatic heterocycles. The van der Waals surface area contributed by atoms with E-state index in [2.05, 4.69) is 20.9 Å². The summed E-state index contributed by atoms with van der Waals surface area (Å²) < 4.78 is 6.41. The van der Waals surface area contributed by atoms with E-state index in [4.69, 9.17) is 39.5 Å². The minimum absolute atomic E-state index is 0.356. The zero-order valence-electron chi connectivity index (χ0n) is 9.18. The summed E-state index contributed by atoms with van der Waals surface area (Å²) >= 11 is 21.2. The van der Waals surface area contributed by atoms with Gasteiger partial charge in [-0.25, -0.2) is 4.98 Å². The number of aryl methyl sites for hydroxylation is 1. The Bertz CT molecular complexity index is 604. The van der Waals surface area contributed by atoms with Gasteiger partial charge in [0.25, 0.3) is 0 Å². The summed E-state index contributed by atoms with van der Waals surface area (Å²) in [6.07, 6.45) is 1.63. The zero-order valence-corrected chi connectivity index (χ0v) is 13.0. The van der Waals surface area contributed by atoms with E-state index in [9.17, 15) is 0 Å². The van der Waals surface area contributed by atoms with Crippen LogP contribution in [0.2, 0.25) is 15.2 Å². The van der Waals surface area contributed by atoms with E-state index in [-0.39, 0.29) is 0 Å². The van der Waals surface area contributed by atoms with Crippen LogP contribution in [0.25, 0.3) is 0 Å². The van der Waals surface area contributed by atoms with Crippen molar-refractivity contribution in [1.29, 1.82) is 0 Å². The Morgan fingerprint density at radius 2 is 1.78 bits per heavy atom. The van der Waals surface area contributed by atoms with Crippen molar-refractivity contribution in [3.8, 4) is 11.5 Å². The van der Waals surface area contributed by atoms with E-state index in [1.807, 2.05) is 6.92 Å². The van der Waals surface area contributed by atoms with Crippen molar-refractivity contribution in [1.82, 2.24) is 4.98 Å². The number of hydrogen-bond acceptors (Lipinski definition) is 2. The first kappa shape index (κ1) is 13.9. The Balaban J connectivity index is 2.40. The molecular weight excluding hydrogens is 360 g/mol. The quantitative estimate of drug-likeness (QED) is 0.487. The smallest absolute Gasteiger partial charge is 0.147 e. The first-order valence-electron chi connectivity index (χ1n) is 4.92. The van der Waals surface area contributed by atoms with Gasteiger partial charge in [-0.3, -0.25) is 0 Å². The van der Waals surface area contributed by atoms with Crippen molar-refractivity contribution in [2.45, 2.75) is 6.92 Å². The van der Waals surface area contributed by atoms with E-state index in [1.54, 1.807) is 24.4 Å². The van der Waals surface area contributed by atoms with Crippen LogP contribution in [-0.4, -0.2) is 4.98 Å². The van der Waals surface area contributed by atoms with E-state index in [1.165, 1.54) is 0 Å². The number of nitrogens with zero attached hydrogens (tertiary/aromatic N) is 1. The molecule has 0 bridgehead atoms. The SMILES string of the molecule is Cc1cnc(Cl)cc1Oc1cc(Cl)c(Br)cc1Cl. The number of ether oxygens (including phenoxy) is 1. The zero-order chi connectivity index (χ0) is 13.3. The third-order valence-corrected chi connectivity index (χ3v) is 3.91. The second-order valence-corrected chi connectivity index (χ2v) is 5.63. The molecule has 0 atom stereocenters. The molecule has 0 fully saturated rings. The van der Waals surface area contributed by atoms with Gasteiger partial charge in [0.1, 0.15) is 16.7 Å². The maximum Gasteiger partial charge on any atom is 0.147 e. The fourth-order valence-electron chi connectivity index (χ4n) is 1.29. The maximum absolute atomic E-state index is 6.08. The molecule has 0 amide bonds. The highest BCUT2D eigenvalue weighted by molar-refractivity contribution is 9.10. The van der Waals surface area contributed by atoms with Gasteiger partial charge in [-0.05, 0) is 28.9 Å². The number of halogens is 4. The summed E-state index contributed by atoms with van der Waals surface area (Å²) in [5.74, 6) is 1.06. The molecule has 1 aromatic carbocycles. The molecule has 18 heavy (non-hydrogen) atoms. The molecule has 0 aliphatic rings. The molecule has 2 rings (SSSR count). The number of aromatic nitrogens is 1. The summed E-state index contributed by atoms with van der Waals surface area (Å²) in [5.41, 5.74) is 0.856. The highest BCUT2D eigenvalue weighted by atomic mass is 79.9. The van der Waals surface area contributed by atoms with E-state index in [0.29, 0.717) is 31.2 Å². The van der Waals surface area contributed by atoms with Crippen LogP contribution in [-0.2, 0) is 0 Å². The molecule has 0 aliphatic heterocycles. The van der Waals surface area contributed by atoms with E-state index >= 15 is 0 Å². The second-order valence-electron chi connectivity index (χ2n) is 3.57. The molecule has 0 N–H and O–H groups in total. The van der Waals surface area contributed by atoms with E-state index in [0.717, 1.165) is 5.56 Å². The Labute approximate surface area is 128 Å². The highest BCUT2D eigenvalue weighted by Crippen LogP contribution is 2.37. The first-order valence-corrected chi connectivity index (χ1v) is 6.84. The molecular formula is C12H7BrCl3NO. The second kappa shape index (κ2) is 5.66. The van der Waals surface area contributed by atoms with Gasteiger partial charge in [0.15, 0.2) is 0 Å². The molecule has 94 valence electrons. The standard InChI is InChI=1S/C12H7BrCl3NO/c1-6-5-17-12(16)4-10(6)18-11-3-8(14)7(13)2-9(11)15/h2-5H,1H3. The lowest BCUT2D eigenvalue weighted by Crippen LogP contribution is -1.90. The lowest BCUT2D eigenvalue weighted by Gasteiger charge is -2.11. The molecule has 0 spiro atoms. The first-order chi connectivity index (χ1) is 8.47. The molecule has 0 unspecified atom stereocenters. The van der Waals surface area contributed by atoms with Gasteiger partial charge in [0.2, 0.25) is 0 Å². The molecule has 0 saturated heterocycles. The largest absolute Gasteiger partial charge is 0.455 e. The van der Waals surface area contributed by atoms with Crippen molar-refractivity contribution < 1.29 is 4.74 Å². The molecule has 2 nitrogen and oxygen atoms in total. The minimum atomic E-state index is 0.356. The number of hydrogen-bond donors (Lipinski definition) is 0. The highest BCUT2D eigenvalue weighted by Gasteiger charge is 2.10. The third kappa shape index (κ3) is 3.09. The molecule has 6 heteroatoms. The lowest BCUT2D eigenvalue weighted by atomic mass is 10.3. The van der Waals surface area contributed by atoms with Crippen LogP contribution < -0.4 is 4.74 Å². The van der Waals surface area contributed by atoms with Gasteiger partial charge < -0.3 is 4.74 Å². The van der Waals surface area contributed by atoms with Crippen LogP contribution >= 0.6 is 50.7 Å². The van der Waals surface area contributed by atoms with Gasteiger partial charge in [-0.1, -0.05) is 34.8 Å². The average Bonchev–Trinajstić information content (AvgIpc) is 2.30. The Morgan fingerprint density at radius 1 is 1.06 bits per heavy atom. The van der Waals surface area contributed by atoms with Crippen LogP contribution in [0.1, 0.15) is 5.56 Å². The van der Waals surface area contributed by atoms with Gasteiger partial charge >= 0.3 is 0 Å². The number of rotatable bonds is 2. The fraction of sp³-hybridized carbons (Fsp3) is 0.0833. The van der Waals surface area contributed by atoms with Crippen molar-refractivity contribution in [2.24, 2.45) is 0 Å². The predicted octanol–water partition coefficient (Wildman–Crippen LogP) is 5.91. The summed E-state index contributed by atoms with van der Waals surface area (Å²) in [6.45, 7) is 1.87.